The molecular formula is C22H39I2NO9. The van der Waals surface area contributed by atoms with Crippen LogP contribution in [0.3, 0.4) is 0 Å². The molecule has 200 valence electrons. The summed E-state index contributed by atoms with van der Waals surface area (Å²) >= 11 is 4.01. The van der Waals surface area contributed by atoms with Crippen molar-refractivity contribution in [3.63, 3.8) is 0 Å². The van der Waals surface area contributed by atoms with E-state index in [1.807, 2.05) is 45.2 Å². The number of rotatable bonds is 21. The van der Waals surface area contributed by atoms with Gasteiger partial charge in [-0.15, -0.1) is 0 Å². The van der Waals surface area contributed by atoms with Crippen molar-refractivity contribution in [1.29, 1.82) is 0 Å². The van der Waals surface area contributed by atoms with E-state index in [0.717, 1.165) is 0 Å². The normalized spacial score (nSPS) is 13.1. The lowest BCUT2D eigenvalue weighted by atomic mass is 10.2. The number of carbonyl (C=O) groups excluding carboxylic acids is 3. The molecule has 0 aromatic carbocycles. The first-order valence-electron chi connectivity index (χ1n) is 11.4. The van der Waals surface area contributed by atoms with Crippen LogP contribution in [0.5, 0.6) is 0 Å². The van der Waals surface area contributed by atoms with E-state index in [-0.39, 0.29) is 51.5 Å². The minimum absolute atomic E-state index is 0.155. The number of halogens is 2. The van der Waals surface area contributed by atoms with Crippen LogP contribution in [-0.2, 0) is 42.8 Å². The Bertz CT molecular complexity index is 486. The van der Waals surface area contributed by atoms with Gasteiger partial charge in [-0.05, 0) is 13.8 Å². The fraction of sp³-hybridized carbons (Fsp3) is 0.864. The Morgan fingerprint density at radius 1 is 0.559 bits per heavy atom. The van der Waals surface area contributed by atoms with Crippen LogP contribution in [0.1, 0.15) is 27.7 Å². The topological polar surface area (TPSA) is 110 Å². The molecule has 12 heteroatoms. The van der Waals surface area contributed by atoms with Gasteiger partial charge in [-0.25, -0.2) is 0 Å². The van der Waals surface area contributed by atoms with E-state index in [1.54, 1.807) is 27.7 Å². The van der Waals surface area contributed by atoms with Crippen LogP contribution < -0.4 is 0 Å². The summed E-state index contributed by atoms with van der Waals surface area (Å²) in [5.74, 6) is -0.898. The van der Waals surface area contributed by atoms with Gasteiger partial charge in [-0.2, -0.15) is 0 Å². The molecule has 0 aliphatic rings. The van der Waals surface area contributed by atoms with E-state index >= 15 is 0 Å². The van der Waals surface area contributed by atoms with Gasteiger partial charge in [0, 0.05) is 19.6 Å². The van der Waals surface area contributed by atoms with Crippen LogP contribution in [0.4, 0.5) is 0 Å². The summed E-state index contributed by atoms with van der Waals surface area (Å²) in [4.78, 5) is 36.4. The van der Waals surface area contributed by atoms with Gasteiger partial charge in [-0.3, -0.25) is 19.3 Å². The molecule has 0 heterocycles. The van der Waals surface area contributed by atoms with E-state index in [1.165, 1.54) is 0 Å². The molecule has 0 radical (unpaired) electrons. The average molecular weight is 715 g/mol. The molecule has 0 amide bonds. The molecule has 0 rings (SSSR count). The molecule has 0 aliphatic carbocycles. The number of nitrogens with zero attached hydrogens (tertiary/aromatic N) is 1. The molecule has 10 nitrogen and oxygen atoms in total. The molecule has 0 bridgehead atoms. The van der Waals surface area contributed by atoms with Crippen molar-refractivity contribution in [2.75, 3.05) is 79.1 Å². The summed E-state index contributed by atoms with van der Waals surface area (Å²) in [5, 5.41) is 0. The van der Waals surface area contributed by atoms with Gasteiger partial charge in [0.05, 0.1) is 45.6 Å². The molecule has 2 unspecified atom stereocenters. The Labute approximate surface area is 230 Å². The Hall–Kier alpha value is -0.290. The molecule has 0 N–H and O–H groups in total. The molecule has 2 atom stereocenters. The second kappa shape index (κ2) is 21.9. The predicted molar refractivity (Wildman–Crippen MR) is 144 cm³/mol. The number of alkyl halides is 2. The number of carbonyl (C=O) groups is 3. The first kappa shape index (κ1) is 33.7. The average Bonchev–Trinajstić information content (AvgIpc) is 2.78. The molecule has 0 saturated carbocycles. The predicted octanol–water partition coefficient (Wildman–Crippen LogP) is 2.27. The Balaban J connectivity index is 4.14. The minimum Gasteiger partial charge on any atom is -0.463 e. The van der Waals surface area contributed by atoms with Crippen LogP contribution in [-0.4, -0.2) is 110 Å². The van der Waals surface area contributed by atoms with Gasteiger partial charge in [0.15, 0.2) is 0 Å². The van der Waals surface area contributed by atoms with Crippen molar-refractivity contribution < 1.29 is 42.8 Å². The number of hydrogen-bond donors (Lipinski definition) is 0. The lowest BCUT2D eigenvalue weighted by molar-refractivity contribution is -0.149. The lowest BCUT2D eigenvalue weighted by Crippen LogP contribution is -2.34. The zero-order valence-electron chi connectivity index (χ0n) is 20.6. The summed E-state index contributed by atoms with van der Waals surface area (Å²) in [6.07, 6.45) is 0. The van der Waals surface area contributed by atoms with Crippen molar-refractivity contribution in [1.82, 2.24) is 4.90 Å². The third kappa shape index (κ3) is 20.0. The maximum absolute atomic E-state index is 11.4. The summed E-state index contributed by atoms with van der Waals surface area (Å²) in [7, 11) is 0. The Morgan fingerprint density at radius 3 is 1.18 bits per heavy atom. The number of ether oxygens (including phenoxy) is 6. The second-order valence-electron chi connectivity index (χ2n) is 7.57. The molecule has 0 fully saturated rings. The number of hydrogen-bond acceptors (Lipinski definition) is 10. The quantitative estimate of drug-likeness (QED) is 0.0578. The van der Waals surface area contributed by atoms with Crippen molar-refractivity contribution in [3.05, 3.63) is 0 Å². The largest absolute Gasteiger partial charge is 0.463 e. The smallest absolute Gasteiger partial charge is 0.318 e. The molecule has 34 heavy (non-hydrogen) atoms. The highest BCUT2D eigenvalue weighted by molar-refractivity contribution is 14.1. The van der Waals surface area contributed by atoms with Gasteiger partial charge in [0.2, 0.25) is 0 Å². The second-order valence-corrected chi connectivity index (χ2v) is 11.3. The molecular weight excluding hydrogens is 676 g/mol. The van der Waals surface area contributed by atoms with Crippen LogP contribution in [0.15, 0.2) is 0 Å². The van der Waals surface area contributed by atoms with Crippen LogP contribution >= 0.6 is 45.2 Å². The summed E-state index contributed by atoms with van der Waals surface area (Å²) in [6.45, 7) is 12.1. The summed E-state index contributed by atoms with van der Waals surface area (Å²) in [5.41, 5.74) is 0. The van der Waals surface area contributed by atoms with E-state index in [0.29, 0.717) is 59.3 Å². The standard InChI is InChI=1S/C22H39I2NO9/c1-17(2)20(26)32-14-11-29-8-5-25(6-9-30-12-15-33-21(27)18(3)23)7-10-31-13-16-34-22(28)19(4)24/h17-19H,5-16H2,1-4H3. The zero-order chi connectivity index (χ0) is 25.8. The van der Waals surface area contributed by atoms with Crippen molar-refractivity contribution >= 4 is 63.1 Å². The van der Waals surface area contributed by atoms with Crippen molar-refractivity contribution in [2.45, 2.75) is 35.5 Å². The van der Waals surface area contributed by atoms with Crippen molar-refractivity contribution in [3.8, 4) is 0 Å². The fourth-order valence-corrected chi connectivity index (χ4v) is 2.58. The van der Waals surface area contributed by atoms with Gasteiger partial charge >= 0.3 is 17.9 Å². The van der Waals surface area contributed by atoms with Crippen molar-refractivity contribution in [2.24, 2.45) is 5.92 Å². The van der Waals surface area contributed by atoms with Gasteiger partial charge in [0.1, 0.15) is 27.7 Å². The highest BCUT2D eigenvalue weighted by Crippen LogP contribution is 2.01. The third-order valence-corrected chi connectivity index (χ3v) is 5.21. The molecule has 0 saturated heterocycles. The van der Waals surface area contributed by atoms with E-state index in [9.17, 15) is 14.4 Å². The highest BCUT2D eigenvalue weighted by Gasteiger charge is 2.11. The van der Waals surface area contributed by atoms with E-state index in [2.05, 4.69) is 4.90 Å². The summed E-state index contributed by atoms with van der Waals surface area (Å²) in [6, 6.07) is 0. The Morgan fingerprint density at radius 2 is 0.882 bits per heavy atom. The first-order chi connectivity index (χ1) is 16.1. The maximum Gasteiger partial charge on any atom is 0.318 e. The number of esters is 3. The monoisotopic (exact) mass is 715 g/mol. The van der Waals surface area contributed by atoms with Crippen LogP contribution in [0, 0.1) is 5.92 Å². The summed E-state index contributed by atoms with van der Waals surface area (Å²) < 4.78 is 31.6. The molecule has 0 aliphatic heterocycles. The lowest BCUT2D eigenvalue weighted by Gasteiger charge is -2.22. The minimum atomic E-state index is -0.252. The Kier molecular flexibility index (Phi) is 21.8. The zero-order valence-corrected chi connectivity index (χ0v) is 24.9. The van der Waals surface area contributed by atoms with E-state index in [4.69, 9.17) is 28.4 Å². The van der Waals surface area contributed by atoms with Crippen LogP contribution in [0.2, 0.25) is 0 Å². The van der Waals surface area contributed by atoms with E-state index < -0.39 is 0 Å². The third-order valence-electron chi connectivity index (χ3n) is 4.19. The fourth-order valence-electron chi connectivity index (χ4n) is 2.22. The van der Waals surface area contributed by atoms with Gasteiger partial charge < -0.3 is 28.4 Å². The molecule has 0 spiro atoms. The molecule has 0 aromatic rings. The first-order valence-corrected chi connectivity index (χ1v) is 13.9. The maximum atomic E-state index is 11.4. The SMILES string of the molecule is CC(C)C(=O)OCCOCCN(CCOCCOC(=O)C(C)I)CCOCCOC(=O)C(C)I. The van der Waals surface area contributed by atoms with Crippen LogP contribution in [0.25, 0.3) is 0 Å². The molecule has 0 aromatic heterocycles. The highest BCUT2D eigenvalue weighted by atomic mass is 127. The van der Waals surface area contributed by atoms with Gasteiger partial charge in [-0.1, -0.05) is 59.0 Å². The van der Waals surface area contributed by atoms with Gasteiger partial charge in [0.25, 0.3) is 0 Å².